The van der Waals surface area contributed by atoms with Crippen LogP contribution < -0.4 is 5.32 Å². The molecule has 2 N–H and O–H groups in total. The number of nitrogens with one attached hydrogen (secondary N) is 2. The highest BCUT2D eigenvalue weighted by Gasteiger charge is 2.14. The van der Waals surface area contributed by atoms with E-state index in [1.165, 1.54) is 61.4 Å². The summed E-state index contributed by atoms with van der Waals surface area (Å²) in [5.41, 5.74) is 2.63. The van der Waals surface area contributed by atoms with E-state index in [0.29, 0.717) is 6.04 Å². The summed E-state index contributed by atoms with van der Waals surface area (Å²) in [7, 11) is 0. The Kier molecular flexibility index (Phi) is 7.47. The predicted molar refractivity (Wildman–Crippen MR) is 100 cm³/mol. The van der Waals surface area contributed by atoms with Crippen molar-refractivity contribution in [2.75, 3.05) is 6.54 Å². The molecule has 2 nitrogen and oxygen atoms in total. The normalized spacial score (nSPS) is 12.9. The number of hydrogen-bond acceptors (Lipinski definition) is 1. The summed E-state index contributed by atoms with van der Waals surface area (Å²) in [6, 6.07) is 6.93. The number of unbranched alkanes of at least 4 members (excludes halogenated alkanes) is 5. The minimum atomic E-state index is 0.458. The molecule has 0 amide bonds. The molecule has 2 aromatic rings. The van der Waals surface area contributed by atoms with Gasteiger partial charge in [0.2, 0.25) is 0 Å². The zero-order chi connectivity index (χ0) is 15.8. The third-order valence-corrected chi connectivity index (χ3v) is 4.84. The van der Waals surface area contributed by atoms with Crippen molar-refractivity contribution in [1.82, 2.24) is 10.3 Å². The van der Waals surface area contributed by atoms with Gasteiger partial charge in [-0.1, -0.05) is 68.3 Å². The van der Waals surface area contributed by atoms with Crippen LogP contribution >= 0.6 is 15.9 Å². The van der Waals surface area contributed by atoms with Gasteiger partial charge in [0.15, 0.2) is 0 Å². The summed E-state index contributed by atoms with van der Waals surface area (Å²) in [5.74, 6) is 0. The van der Waals surface area contributed by atoms with Crippen molar-refractivity contribution in [1.29, 1.82) is 0 Å². The van der Waals surface area contributed by atoms with Gasteiger partial charge in [0, 0.05) is 27.6 Å². The molecule has 0 saturated heterocycles. The van der Waals surface area contributed by atoms with E-state index in [2.05, 4.69) is 64.5 Å². The number of fused-ring (bicyclic) bond motifs is 1. The molecule has 3 heteroatoms. The molecule has 0 saturated carbocycles. The lowest BCUT2D eigenvalue weighted by Crippen LogP contribution is -2.20. The Morgan fingerprint density at radius 2 is 1.86 bits per heavy atom. The van der Waals surface area contributed by atoms with Crippen molar-refractivity contribution >= 4 is 26.8 Å². The van der Waals surface area contributed by atoms with Gasteiger partial charge in [-0.2, -0.15) is 0 Å². The van der Waals surface area contributed by atoms with Gasteiger partial charge in [0.1, 0.15) is 0 Å². The summed E-state index contributed by atoms with van der Waals surface area (Å²) < 4.78 is 1.15. The van der Waals surface area contributed by atoms with Gasteiger partial charge in [-0.15, -0.1) is 0 Å². The lowest BCUT2D eigenvalue weighted by molar-refractivity contribution is 0.479. The fraction of sp³-hybridized carbons (Fsp3) is 0.579. The second-order valence-corrected chi connectivity index (χ2v) is 7.02. The van der Waals surface area contributed by atoms with Gasteiger partial charge in [-0.05, 0) is 36.7 Å². The molecule has 0 fully saturated rings. The number of aromatic nitrogens is 1. The molecule has 122 valence electrons. The molecule has 0 bridgehead atoms. The van der Waals surface area contributed by atoms with E-state index >= 15 is 0 Å². The summed E-state index contributed by atoms with van der Waals surface area (Å²) in [6.07, 6.45) is 11.5. The fourth-order valence-electron chi connectivity index (χ4n) is 3.15. The van der Waals surface area contributed by atoms with Crippen LogP contribution in [-0.4, -0.2) is 11.5 Å². The number of aromatic amines is 1. The Balaban J connectivity index is 1.98. The summed E-state index contributed by atoms with van der Waals surface area (Å²) in [6.45, 7) is 5.48. The van der Waals surface area contributed by atoms with Gasteiger partial charge < -0.3 is 10.3 Å². The first-order valence-electron chi connectivity index (χ1n) is 8.76. The molecule has 1 heterocycles. The van der Waals surface area contributed by atoms with Gasteiger partial charge in [-0.25, -0.2) is 0 Å². The largest absolute Gasteiger partial charge is 0.361 e. The maximum absolute atomic E-state index is 3.66. The van der Waals surface area contributed by atoms with E-state index in [4.69, 9.17) is 0 Å². The fourth-order valence-corrected chi connectivity index (χ4v) is 3.51. The van der Waals surface area contributed by atoms with Crippen LogP contribution in [0.15, 0.2) is 28.9 Å². The molecule has 1 atom stereocenters. The topological polar surface area (TPSA) is 27.8 Å². The van der Waals surface area contributed by atoms with Crippen LogP contribution in [-0.2, 0) is 0 Å². The molecule has 0 radical (unpaired) electrons. The molecule has 1 aromatic heterocycles. The molecule has 0 aliphatic rings. The molecular weight excluding hydrogens is 336 g/mol. The Bertz CT molecular complexity index is 562. The van der Waals surface area contributed by atoms with Crippen LogP contribution in [0, 0.1) is 0 Å². The zero-order valence-electron chi connectivity index (χ0n) is 13.9. The molecule has 0 spiro atoms. The summed E-state index contributed by atoms with van der Waals surface area (Å²) in [4.78, 5) is 3.41. The highest BCUT2D eigenvalue weighted by Crippen LogP contribution is 2.29. The van der Waals surface area contributed by atoms with E-state index in [-0.39, 0.29) is 0 Å². The number of hydrogen-bond donors (Lipinski definition) is 2. The summed E-state index contributed by atoms with van der Waals surface area (Å²) >= 11 is 3.59. The van der Waals surface area contributed by atoms with Crippen LogP contribution in [0.4, 0.5) is 0 Å². The molecular formula is C19H29BrN2. The van der Waals surface area contributed by atoms with E-state index in [1.54, 1.807) is 0 Å². The van der Waals surface area contributed by atoms with Crippen LogP contribution in [0.1, 0.15) is 70.4 Å². The van der Waals surface area contributed by atoms with Crippen molar-refractivity contribution in [2.24, 2.45) is 0 Å². The third kappa shape index (κ3) is 4.85. The minimum absolute atomic E-state index is 0.458. The summed E-state index contributed by atoms with van der Waals surface area (Å²) in [5, 5.41) is 5.00. The molecule has 1 unspecified atom stereocenters. The lowest BCUT2D eigenvalue weighted by Gasteiger charge is -2.17. The van der Waals surface area contributed by atoms with Gasteiger partial charge in [-0.3, -0.25) is 0 Å². The Morgan fingerprint density at radius 3 is 2.64 bits per heavy atom. The first-order valence-corrected chi connectivity index (χ1v) is 9.55. The van der Waals surface area contributed by atoms with E-state index in [1.807, 2.05) is 0 Å². The highest BCUT2D eigenvalue weighted by atomic mass is 79.9. The quantitative estimate of drug-likeness (QED) is 0.473. The second kappa shape index (κ2) is 9.36. The molecule has 22 heavy (non-hydrogen) atoms. The average molecular weight is 365 g/mol. The van der Waals surface area contributed by atoms with Crippen molar-refractivity contribution in [3.63, 3.8) is 0 Å². The molecule has 0 aliphatic heterocycles. The Morgan fingerprint density at radius 1 is 1.09 bits per heavy atom. The maximum Gasteiger partial charge on any atom is 0.0458 e. The monoisotopic (exact) mass is 364 g/mol. The van der Waals surface area contributed by atoms with E-state index < -0.39 is 0 Å². The molecule has 1 aromatic carbocycles. The van der Waals surface area contributed by atoms with Gasteiger partial charge >= 0.3 is 0 Å². The first-order chi connectivity index (χ1) is 10.8. The van der Waals surface area contributed by atoms with Crippen LogP contribution in [0.25, 0.3) is 10.9 Å². The zero-order valence-corrected chi connectivity index (χ0v) is 15.5. The van der Waals surface area contributed by atoms with E-state index in [0.717, 1.165) is 11.0 Å². The number of H-pyrrole nitrogens is 1. The minimum Gasteiger partial charge on any atom is -0.361 e. The van der Waals surface area contributed by atoms with Crippen LogP contribution in [0.5, 0.6) is 0 Å². The van der Waals surface area contributed by atoms with Crippen molar-refractivity contribution < 1.29 is 0 Å². The van der Waals surface area contributed by atoms with Crippen LogP contribution in [0.2, 0.25) is 0 Å². The predicted octanol–water partition coefficient (Wildman–Crippen LogP) is 6.33. The third-order valence-electron chi connectivity index (χ3n) is 4.35. The van der Waals surface area contributed by atoms with Crippen molar-refractivity contribution in [3.05, 3.63) is 34.4 Å². The lowest BCUT2D eigenvalue weighted by atomic mass is 9.99. The maximum atomic E-state index is 3.66. The first kappa shape index (κ1) is 17.6. The molecule has 2 rings (SSSR count). The molecule has 0 aliphatic carbocycles. The second-order valence-electron chi connectivity index (χ2n) is 6.10. The van der Waals surface area contributed by atoms with Crippen LogP contribution in [0.3, 0.4) is 0 Å². The van der Waals surface area contributed by atoms with Gasteiger partial charge in [0.25, 0.3) is 0 Å². The number of benzene rings is 1. The average Bonchev–Trinajstić information content (AvgIpc) is 2.92. The smallest absolute Gasteiger partial charge is 0.0458 e. The standard InChI is InChI=1S/C19H29BrN2/c1-3-5-6-7-8-9-10-18(21-4-2)17-14-22-19-12-11-15(20)13-16(17)19/h11-14,18,21-22H,3-10H2,1-2H3. The van der Waals surface area contributed by atoms with E-state index in [9.17, 15) is 0 Å². The number of rotatable bonds is 10. The highest BCUT2D eigenvalue weighted by molar-refractivity contribution is 9.10. The SMILES string of the molecule is CCCCCCCCC(NCC)c1c[nH]c2ccc(Br)cc12. The number of halogens is 1. The van der Waals surface area contributed by atoms with Gasteiger partial charge in [0.05, 0.1) is 0 Å². The Hall–Kier alpha value is -0.800. The van der Waals surface area contributed by atoms with Crippen molar-refractivity contribution in [2.45, 2.75) is 64.8 Å². The van der Waals surface area contributed by atoms with Crippen molar-refractivity contribution in [3.8, 4) is 0 Å². The Labute approximate surface area is 143 Å².